The highest BCUT2D eigenvalue weighted by Gasteiger charge is 2.14. The minimum Gasteiger partial charge on any atom is -0.396 e. The Morgan fingerprint density at radius 3 is 2.85 bits per heavy atom. The molecule has 0 bridgehead atoms. The number of fused-ring (bicyclic) bond motifs is 1. The number of nitrogen functional groups attached to an aromatic ring is 1. The number of anilines is 1. The highest BCUT2D eigenvalue weighted by Crippen LogP contribution is 2.27. The number of carbonyl (C=O) groups is 1. The number of primary amides is 1. The molecule has 0 saturated carbocycles. The van der Waals surface area contributed by atoms with E-state index in [9.17, 15) is 9.18 Å². The van der Waals surface area contributed by atoms with Crippen LogP contribution in [0.2, 0.25) is 0 Å². The van der Waals surface area contributed by atoms with E-state index in [1.807, 2.05) is 0 Å². The number of halogens is 1. The predicted molar refractivity (Wildman–Crippen MR) is 71.3 cm³/mol. The minimum atomic E-state index is -0.657. The first-order valence-corrected chi connectivity index (χ1v) is 5.74. The quantitative estimate of drug-likeness (QED) is 0.731. The molecule has 0 aliphatic rings. The second-order valence-corrected chi connectivity index (χ2v) is 4.25. The van der Waals surface area contributed by atoms with Gasteiger partial charge in [0.2, 0.25) is 0 Å². The summed E-state index contributed by atoms with van der Waals surface area (Å²) in [5, 5.41) is 4.04. The van der Waals surface area contributed by atoms with E-state index in [1.165, 1.54) is 16.9 Å². The molecule has 3 aromatic rings. The number of nitrogens with zero attached hydrogens (tertiary/aromatic N) is 3. The molecule has 3 rings (SSSR count). The second-order valence-electron chi connectivity index (χ2n) is 4.25. The molecule has 100 valence electrons. The van der Waals surface area contributed by atoms with Crippen LogP contribution in [-0.4, -0.2) is 20.5 Å². The maximum atomic E-state index is 13.7. The van der Waals surface area contributed by atoms with Gasteiger partial charge < -0.3 is 11.5 Å². The third-order valence-electron chi connectivity index (χ3n) is 3.03. The fourth-order valence-electron chi connectivity index (χ4n) is 2.03. The Bertz CT molecular complexity index is 827. The van der Waals surface area contributed by atoms with Crippen LogP contribution < -0.4 is 11.5 Å². The number of rotatable bonds is 2. The van der Waals surface area contributed by atoms with Gasteiger partial charge in [-0.2, -0.15) is 5.10 Å². The van der Waals surface area contributed by atoms with Gasteiger partial charge in [0.15, 0.2) is 0 Å². The number of carbonyl (C=O) groups excluding carboxylic acids is 1. The highest BCUT2D eigenvalue weighted by molar-refractivity contribution is 6.01. The first kappa shape index (κ1) is 12.1. The Morgan fingerprint density at radius 1 is 1.35 bits per heavy atom. The first-order valence-electron chi connectivity index (χ1n) is 5.74. The van der Waals surface area contributed by atoms with Gasteiger partial charge in [0.05, 0.1) is 29.2 Å². The zero-order valence-corrected chi connectivity index (χ0v) is 10.2. The molecule has 0 unspecified atom stereocenters. The molecule has 0 aliphatic heterocycles. The van der Waals surface area contributed by atoms with Gasteiger partial charge in [-0.25, -0.2) is 8.91 Å². The Kier molecular flexibility index (Phi) is 2.60. The molecule has 3 heterocycles. The van der Waals surface area contributed by atoms with Crippen LogP contribution in [0.15, 0.2) is 36.9 Å². The van der Waals surface area contributed by atoms with Crippen LogP contribution in [0.1, 0.15) is 10.4 Å². The van der Waals surface area contributed by atoms with Crippen molar-refractivity contribution in [2.45, 2.75) is 0 Å². The third kappa shape index (κ3) is 1.76. The predicted octanol–water partition coefficient (Wildman–Crippen LogP) is 1.22. The van der Waals surface area contributed by atoms with Crippen LogP contribution in [0.5, 0.6) is 0 Å². The first-order chi connectivity index (χ1) is 9.58. The normalized spacial score (nSPS) is 10.8. The largest absolute Gasteiger partial charge is 0.396 e. The van der Waals surface area contributed by atoms with Crippen molar-refractivity contribution in [2.24, 2.45) is 5.73 Å². The number of pyridine rings is 1. The van der Waals surface area contributed by atoms with Gasteiger partial charge in [0, 0.05) is 23.5 Å². The molecule has 0 atom stereocenters. The Hall–Kier alpha value is -2.96. The Balaban J connectivity index is 2.24. The molecular weight excluding hydrogens is 261 g/mol. The van der Waals surface area contributed by atoms with Gasteiger partial charge in [0.25, 0.3) is 5.91 Å². The van der Waals surface area contributed by atoms with Crippen molar-refractivity contribution in [1.29, 1.82) is 0 Å². The lowest BCUT2D eigenvalue weighted by Gasteiger charge is -2.02. The average Bonchev–Trinajstić information content (AvgIpc) is 2.84. The molecule has 4 N–H and O–H groups in total. The molecular formula is C13H10FN5O. The summed E-state index contributed by atoms with van der Waals surface area (Å²) in [6, 6.07) is 3.20. The molecule has 7 heteroatoms. The van der Waals surface area contributed by atoms with E-state index in [-0.39, 0.29) is 11.3 Å². The monoisotopic (exact) mass is 271 g/mol. The summed E-state index contributed by atoms with van der Waals surface area (Å²) in [5.74, 6) is -1.10. The van der Waals surface area contributed by atoms with Crippen LogP contribution in [-0.2, 0) is 0 Å². The van der Waals surface area contributed by atoms with Gasteiger partial charge in [-0.05, 0) is 12.1 Å². The van der Waals surface area contributed by atoms with Gasteiger partial charge in [0.1, 0.15) is 5.82 Å². The van der Waals surface area contributed by atoms with Gasteiger partial charge in [-0.1, -0.05) is 0 Å². The van der Waals surface area contributed by atoms with E-state index in [0.29, 0.717) is 16.6 Å². The van der Waals surface area contributed by atoms with Crippen molar-refractivity contribution in [3.8, 4) is 11.1 Å². The Morgan fingerprint density at radius 2 is 2.15 bits per heavy atom. The van der Waals surface area contributed by atoms with E-state index >= 15 is 0 Å². The summed E-state index contributed by atoms with van der Waals surface area (Å²) in [4.78, 5) is 14.9. The molecule has 20 heavy (non-hydrogen) atoms. The molecule has 6 nitrogen and oxygen atoms in total. The fraction of sp³-hybridized carbons (Fsp3) is 0. The molecule has 0 saturated heterocycles. The number of hydrogen-bond donors (Lipinski definition) is 2. The van der Waals surface area contributed by atoms with Gasteiger partial charge >= 0.3 is 0 Å². The smallest absolute Gasteiger partial charge is 0.252 e. The van der Waals surface area contributed by atoms with E-state index in [2.05, 4.69) is 10.1 Å². The summed E-state index contributed by atoms with van der Waals surface area (Å²) in [7, 11) is 0. The lowest BCUT2D eigenvalue weighted by atomic mass is 10.1. The minimum absolute atomic E-state index is 0.136. The Labute approximate surface area is 112 Å². The van der Waals surface area contributed by atoms with Crippen molar-refractivity contribution in [2.75, 3.05) is 5.73 Å². The molecule has 0 aromatic carbocycles. The van der Waals surface area contributed by atoms with Crippen LogP contribution in [0.3, 0.4) is 0 Å². The van der Waals surface area contributed by atoms with Crippen molar-refractivity contribution in [3.63, 3.8) is 0 Å². The van der Waals surface area contributed by atoms with Crippen LogP contribution in [0, 0.1) is 5.82 Å². The highest BCUT2D eigenvalue weighted by atomic mass is 19.1. The molecule has 0 radical (unpaired) electrons. The van der Waals surface area contributed by atoms with Gasteiger partial charge in [-0.3, -0.25) is 9.78 Å². The van der Waals surface area contributed by atoms with Crippen LogP contribution in [0.4, 0.5) is 10.1 Å². The van der Waals surface area contributed by atoms with E-state index in [4.69, 9.17) is 11.5 Å². The van der Waals surface area contributed by atoms with E-state index in [0.717, 1.165) is 6.20 Å². The standard InChI is InChI=1S/C13H10FN5O/c14-10-5-17-2-1-8(10)7-3-11-12(15)9(13(16)20)4-18-19(11)6-7/h1-6H,15H2,(H2,16,20). The van der Waals surface area contributed by atoms with Crippen molar-refractivity contribution in [1.82, 2.24) is 14.6 Å². The molecule has 1 amide bonds. The number of amides is 1. The topological polar surface area (TPSA) is 99.3 Å². The molecule has 3 aromatic heterocycles. The lowest BCUT2D eigenvalue weighted by molar-refractivity contribution is 0.100. The lowest BCUT2D eigenvalue weighted by Crippen LogP contribution is -2.15. The summed E-state index contributed by atoms with van der Waals surface area (Å²) >= 11 is 0. The third-order valence-corrected chi connectivity index (χ3v) is 3.03. The maximum absolute atomic E-state index is 13.7. The number of hydrogen-bond acceptors (Lipinski definition) is 4. The average molecular weight is 271 g/mol. The number of aromatic nitrogens is 3. The maximum Gasteiger partial charge on any atom is 0.252 e. The number of nitrogens with two attached hydrogens (primary N) is 2. The molecule has 0 aliphatic carbocycles. The van der Waals surface area contributed by atoms with Gasteiger partial charge in [-0.15, -0.1) is 0 Å². The zero-order chi connectivity index (χ0) is 14.3. The SMILES string of the molecule is NC(=O)c1cnn2cc(-c3ccncc3F)cc2c1N. The van der Waals surface area contributed by atoms with Crippen molar-refractivity contribution >= 4 is 17.1 Å². The van der Waals surface area contributed by atoms with Crippen molar-refractivity contribution in [3.05, 3.63) is 48.3 Å². The van der Waals surface area contributed by atoms with E-state index < -0.39 is 11.7 Å². The second kappa shape index (κ2) is 4.30. The fourth-order valence-corrected chi connectivity index (χ4v) is 2.03. The van der Waals surface area contributed by atoms with Crippen LogP contribution >= 0.6 is 0 Å². The summed E-state index contributed by atoms with van der Waals surface area (Å²) in [6.07, 6.45) is 5.53. The molecule has 0 spiro atoms. The zero-order valence-electron chi connectivity index (χ0n) is 10.2. The van der Waals surface area contributed by atoms with Crippen molar-refractivity contribution < 1.29 is 9.18 Å². The van der Waals surface area contributed by atoms with E-state index in [1.54, 1.807) is 18.3 Å². The summed E-state index contributed by atoms with van der Waals surface area (Å²) in [5.41, 5.74) is 12.9. The summed E-state index contributed by atoms with van der Waals surface area (Å²) < 4.78 is 15.2. The summed E-state index contributed by atoms with van der Waals surface area (Å²) in [6.45, 7) is 0. The van der Waals surface area contributed by atoms with Crippen LogP contribution in [0.25, 0.3) is 16.6 Å². The molecule has 0 fully saturated rings.